The fourth-order valence-corrected chi connectivity index (χ4v) is 2.97. The molecule has 1 N–H and O–H groups in total. The number of aromatic nitrogens is 4. The van der Waals surface area contributed by atoms with E-state index in [9.17, 15) is 0 Å². The molecule has 2 aromatic rings. The molecule has 0 aromatic carbocycles. The molecule has 1 aliphatic carbocycles. The van der Waals surface area contributed by atoms with Crippen molar-refractivity contribution in [2.45, 2.75) is 46.2 Å². The van der Waals surface area contributed by atoms with Gasteiger partial charge in [-0.25, -0.2) is 4.68 Å². The van der Waals surface area contributed by atoms with Crippen molar-refractivity contribution < 1.29 is 0 Å². The number of fused-ring (bicyclic) bond motifs is 1. The fourth-order valence-electron chi connectivity index (χ4n) is 2.61. The summed E-state index contributed by atoms with van der Waals surface area (Å²) < 4.78 is 5.14. The average Bonchev–Trinajstić information content (AvgIpc) is 3.03. The van der Waals surface area contributed by atoms with Crippen LogP contribution < -0.4 is 0 Å². The maximum Gasteiger partial charge on any atom is 0.179 e. The molecule has 1 aliphatic rings. The molecular weight excluding hydrogens is 232 g/mol. The molecule has 17 heavy (non-hydrogen) atoms. The van der Waals surface area contributed by atoms with Crippen LogP contribution in [0.3, 0.4) is 0 Å². The molecule has 0 spiro atoms. The van der Waals surface area contributed by atoms with Crippen molar-refractivity contribution in [1.82, 2.24) is 19.3 Å². The Balaban J connectivity index is 2.27. The van der Waals surface area contributed by atoms with Crippen LogP contribution in [0.25, 0.3) is 11.2 Å². The monoisotopic (exact) mass is 250 g/mol. The van der Waals surface area contributed by atoms with Gasteiger partial charge < -0.3 is 4.98 Å². The van der Waals surface area contributed by atoms with Gasteiger partial charge in [-0.1, -0.05) is 0 Å². The molecule has 0 aliphatic heterocycles. The molecule has 0 bridgehead atoms. The van der Waals surface area contributed by atoms with Crippen molar-refractivity contribution in [3.8, 4) is 0 Å². The van der Waals surface area contributed by atoms with E-state index in [2.05, 4.69) is 33.2 Å². The minimum Gasteiger partial charge on any atom is -0.328 e. The van der Waals surface area contributed by atoms with Crippen LogP contribution in [0.1, 0.15) is 38.4 Å². The van der Waals surface area contributed by atoms with Crippen LogP contribution in [-0.2, 0) is 6.54 Å². The fraction of sp³-hybridized carbons (Fsp3) is 0.667. The van der Waals surface area contributed by atoms with E-state index in [1.165, 1.54) is 12.8 Å². The molecule has 3 rings (SSSR count). The van der Waals surface area contributed by atoms with Gasteiger partial charge in [0.1, 0.15) is 5.52 Å². The van der Waals surface area contributed by atoms with Gasteiger partial charge in [0.2, 0.25) is 0 Å². The van der Waals surface area contributed by atoms with Crippen LogP contribution in [0.15, 0.2) is 0 Å². The van der Waals surface area contributed by atoms with E-state index in [0.717, 1.165) is 34.1 Å². The van der Waals surface area contributed by atoms with Gasteiger partial charge in [0.15, 0.2) is 10.4 Å². The summed E-state index contributed by atoms with van der Waals surface area (Å²) in [5.41, 5.74) is 3.30. The third-order valence-electron chi connectivity index (χ3n) is 3.79. The van der Waals surface area contributed by atoms with Crippen LogP contribution in [-0.4, -0.2) is 19.3 Å². The molecule has 1 saturated carbocycles. The van der Waals surface area contributed by atoms with Gasteiger partial charge in [-0.2, -0.15) is 5.10 Å². The molecule has 2 heterocycles. The second kappa shape index (κ2) is 3.70. The number of rotatable bonds is 3. The number of hydrogen-bond acceptors (Lipinski definition) is 2. The Morgan fingerprint density at radius 1 is 1.53 bits per heavy atom. The first-order valence-electron chi connectivity index (χ1n) is 6.31. The number of nitrogens with one attached hydrogen (secondary N) is 1. The normalized spacial score (nSPS) is 17.8. The van der Waals surface area contributed by atoms with E-state index in [0.29, 0.717) is 6.04 Å². The van der Waals surface area contributed by atoms with Crippen LogP contribution in [0.2, 0.25) is 0 Å². The Kier molecular flexibility index (Phi) is 2.40. The van der Waals surface area contributed by atoms with E-state index >= 15 is 0 Å². The second-order valence-electron chi connectivity index (χ2n) is 4.98. The van der Waals surface area contributed by atoms with Crippen LogP contribution >= 0.6 is 12.2 Å². The minimum atomic E-state index is 0.484. The van der Waals surface area contributed by atoms with Crippen molar-refractivity contribution in [2.75, 3.05) is 0 Å². The molecule has 5 heteroatoms. The number of nitrogens with zero attached hydrogens (tertiary/aromatic N) is 3. The van der Waals surface area contributed by atoms with E-state index in [-0.39, 0.29) is 0 Å². The summed E-state index contributed by atoms with van der Waals surface area (Å²) in [6.45, 7) is 7.30. The van der Waals surface area contributed by atoms with Crippen molar-refractivity contribution in [3.63, 3.8) is 0 Å². The molecular formula is C12H18N4S. The van der Waals surface area contributed by atoms with E-state index in [1.807, 2.05) is 6.92 Å². The SMILES string of the molecule is CCn1nc(C)c2[nH]c(=S)n(C(C)C3CC3)c21. The van der Waals surface area contributed by atoms with Gasteiger partial charge in [-0.05, 0) is 51.7 Å². The van der Waals surface area contributed by atoms with Gasteiger partial charge in [0.25, 0.3) is 0 Å². The standard InChI is InChI=1S/C12H18N4S/c1-4-15-11-10(7(2)14-15)13-12(17)16(11)8(3)9-5-6-9/h8-9H,4-6H2,1-3H3,(H,13,17). The molecule has 2 aromatic heterocycles. The Morgan fingerprint density at radius 3 is 2.82 bits per heavy atom. The van der Waals surface area contributed by atoms with Gasteiger partial charge in [-0.3, -0.25) is 4.57 Å². The third-order valence-corrected chi connectivity index (χ3v) is 4.09. The van der Waals surface area contributed by atoms with Crippen molar-refractivity contribution in [1.29, 1.82) is 0 Å². The summed E-state index contributed by atoms with van der Waals surface area (Å²) in [6, 6.07) is 0.484. The third kappa shape index (κ3) is 1.56. The van der Waals surface area contributed by atoms with Crippen molar-refractivity contribution in [3.05, 3.63) is 10.5 Å². The van der Waals surface area contributed by atoms with E-state index < -0.39 is 0 Å². The Hall–Kier alpha value is -1.10. The topological polar surface area (TPSA) is 38.5 Å². The van der Waals surface area contributed by atoms with Gasteiger partial charge >= 0.3 is 0 Å². The highest BCUT2D eigenvalue weighted by atomic mass is 32.1. The summed E-state index contributed by atoms with van der Waals surface area (Å²) in [5.74, 6) is 0.793. The lowest BCUT2D eigenvalue weighted by Crippen LogP contribution is -2.11. The lowest BCUT2D eigenvalue weighted by atomic mass is 10.2. The predicted octanol–water partition coefficient (Wildman–Crippen LogP) is 3.19. The second-order valence-corrected chi connectivity index (χ2v) is 5.36. The van der Waals surface area contributed by atoms with Gasteiger partial charge in [0, 0.05) is 12.6 Å². The first-order valence-corrected chi connectivity index (χ1v) is 6.72. The molecule has 1 atom stereocenters. The Morgan fingerprint density at radius 2 is 2.24 bits per heavy atom. The van der Waals surface area contributed by atoms with E-state index in [4.69, 9.17) is 12.2 Å². The molecule has 0 saturated heterocycles. The number of aryl methyl sites for hydroxylation is 2. The highest BCUT2D eigenvalue weighted by molar-refractivity contribution is 7.71. The quantitative estimate of drug-likeness (QED) is 0.850. The summed E-state index contributed by atoms with van der Waals surface area (Å²) in [6.07, 6.45) is 2.66. The number of hydrogen-bond donors (Lipinski definition) is 1. The molecule has 1 unspecified atom stereocenters. The van der Waals surface area contributed by atoms with E-state index in [1.54, 1.807) is 0 Å². The number of H-pyrrole nitrogens is 1. The van der Waals surface area contributed by atoms with Crippen LogP contribution in [0.4, 0.5) is 0 Å². The lowest BCUT2D eigenvalue weighted by molar-refractivity contribution is 0.479. The summed E-state index contributed by atoms with van der Waals surface area (Å²) >= 11 is 5.46. The zero-order chi connectivity index (χ0) is 12.2. The molecule has 92 valence electrons. The molecule has 1 fully saturated rings. The Labute approximate surface area is 106 Å². The zero-order valence-corrected chi connectivity index (χ0v) is 11.3. The zero-order valence-electron chi connectivity index (χ0n) is 10.5. The molecule has 0 amide bonds. The van der Waals surface area contributed by atoms with Crippen LogP contribution in [0.5, 0.6) is 0 Å². The van der Waals surface area contributed by atoms with Gasteiger partial charge in [0.05, 0.1) is 5.69 Å². The first kappa shape index (κ1) is 11.0. The molecule has 0 radical (unpaired) electrons. The average molecular weight is 250 g/mol. The smallest absolute Gasteiger partial charge is 0.179 e. The highest BCUT2D eigenvalue weighted by Gasteiger charge is 2.31. The first-order chi connectivity index (χ1) is 8.13. The number of imidazole rings is 1. The minimum absolute atomic E-state index is 0.484. The predicted molar refractivity (Wildman–Crippen MR) is 70.8 cm³/mol. The van der Waals surface area contributed by atoms with Gasteiger partial charge in [-0.15, -0.1) is 0 Å². The molecule has 4 nitrogen and oxygen atoms in total. The largest absolute Gasteiger partial charge is 0.328 e. The lowest BCUT2D eigenvalue weighted by Gasteiger charge is -2.13. The Bertz CT molecular complexity index is 614. The summed E-state index contributed by atoms with van der Waals surface area (Å²) in [4.78, 5) is 3.31. The highest BCUT2D eigenvalue weighted by Crippen LogP contribution is 2.40. The maximum absolute atomic E-state index is 5.46. The van der Waals surface area contributed by atoms with Crippen molar-refractivity contribution >= 4 is 23.4 Å². The number of aromatic amines is 1. The summed E-state index contributed by atoms with van der Waals surface area (Å²) in [7, 11) is 0. The van der Waals surface area contributed by atoms with Crippen molar-refractivity contribution in [2.24, 2.45) is 5.92 Å². The maximum atomic E-state index is 5.46. The summed E-state index contributed by atoms with van der Waals surface area (Å²) in [5, 5.41) is 4.55. The van der Waals surface area contributed by atoms with Crippen LogP contribution in [0, 0.1) is 17.6 Å².